The number of sulfonamides is 1. The third kappa shape index (κ3) is 5.11. The number of nitrogens with zero attached hydrogens (tertiary/aromatic N) is 1. The maximum Gasteiger partial charge on any atom is 0.248 e. The zero-order valence-electron chi connectivity index (χ0n) is 14.7. The van der Waals surface area contributed by atoms with Gasteiger partial charge in [-0.2, -0.15) is 0 Å². The first-order valence-electron chi connectivity index (χ1n) is 7.95. The van der Waals surface area contributed by atoms with E-state index in [2.05, 4.69) is 27.9 Å². The highest BCUT2D eigenvalue weighted by atomic mass is 127. The van der Waals surface area contributed by atoms with Crippen molar-refractivity contribution in [2.24, 2.45) is 0 Å². The Hall–Kier alpha value is -1.32. The molecule has 0 unspecified atom stereocenters. The van der Waals surface area contributed by atoms with Crippen molar-refractivity contribution in [2.75, 3.05) is 15.9 Å². The molecule has 140 valence electrons. The van der Waals surface area contributed by atoms with Crippen LogP contribution >= 0.6 is 34.2 Å². The zero-order chi connectivity index (χ0) is 19.5. The highest BCUT2D eigenvalue weighted by molar-refractivity contribution is 14.1. The van der Waals surface area contributed by atoms with Crippen LogP contribution in [0, 0.1) is 10.5 Å². The number of hydrogen-bond donors (Lipinski definition) is 1. The Bertz CT molecular complexity index is 918. The Kier molecular flexibility index (Phi) is 6.92. The van der Waals surface area contributed by atoms with Gasteiger partial charge in [0, 0.05) is 14.3 Å². The first kappa shape index (κ1) is 21.0. The van der Waals surface area contributed by atoms with Crippen molar-refractivity contribution in [3.8, 4) is 0 Å². The number of nitrogens with one attached hydrogen (secondary N) is 1. The Morgan fingerprint density at radius 3 is 2.50 bits per heavy atom. The van der Waals surface area contributed by atoms with Crippen molar-refractivity contribution >= 4 is 61.5 Å². The quantitative estimate of drug-likeness (QED) is 0.589. The highest BCUT2D eigenvalue weighted by Gasteiger charge is 2.31. The van der Waals surface area contributed by atoms with Crippen LogP contribution in [-0.2, 0) is 14.8 Å². The van der Waals surface area contributed by atoms with Crippen LogP contribution in [0.2, 0.25) is 5.02 Å². The number of carbonyl (C=O) groups is 1. The number of amides is 1. The highest BCUT2D eigenvalue weighted by Crippen LogP contribution is 2.26. The third-order valence-corrected chi connectivity index (χ3v) is 5.92. The lowest BCUT2D eigenvalue weighted by Gasteiger charge is -2.30. The molecule has 5 nitrogen and oxygen atoms in total. The molecule has 2 rings (SSSR count). The molecule has 0 bridgehead atoms. The van der Waals surface area contributed by atoms with Crippen LogP contribution in [-0.4, -0.2) is 26.6 Å². The summed E-state index contributed by atoms with van der Waals surface area (Å²) < 4.78 is 27.0. The van der Waals surface area contributed by atoms with Gasteiger partial charge in [-0.1, -0.05) is 24.6 Å². The summed E-state index contributed by atoms with van der Waals surface area (Å²) in [5.41, 5.74) is 1.93. The van der Waals surface area contributed by atoms with Crippen LogP contribution in [0.4, 0.5) is 11.4 Å². The third-order valence-electron chi connectivity index (χ3n) is 3.84. The molecule has 0 spiro atoms. The predicted octanol–water partition coefficient (Wildman–Crippen LogP) is 4.44. The van der Waals surface area contributed by atoms with Gasteiger partial charge < -0.3 is 5.32 Å². The van der Waals surface area contributed by atoms with Crippen LogP contribution in [0.5, 0.6) is 0 Å². The van der Waals surface area contributed by atoms with E-state index in [1.807, 2.05) is 25.1 Å². The molecule has 1 atom stereocenters. The Labute approximate surface area is 172 Å². The van der Waals surface area contributed by atoms with Gasteiger partial charge in [0.2, 0.25) is 15.9 Å². The fraction of sp³-hybridized carbons (Fsp3) is 0.278. The van der Waals surface area contributed by atoms with Crippen molar-refractivity contribution in [2.45, 2.75) is 26.3 Å². The van der Waals surface area contributed by atoms with Crippen LogP contribution in [0.15, 0.2) is 42.5 Å². The molecule has 0 saturated heterocycles. The summed E-state index contributed by atoms with van der Waals surface area (Å²) >= 11 is 8.20. The molecule has 0 aromatic heterocycles. The number of halogens is 2. The van der Waals surface area contributed by atoms with E-state index in [4.69, 9.17) is 11.6 Å². The molecule has 0 aliphatic heterocycles. The van der Waals surface area contributed by atoms with E-state index in [0.717, 1.165) is 19.7 Å². The molecule has 0 saturated carbocycles. The Morgan fingerprint density at radius 1 is 1.27 bits per heavy atom. The first-order chi connectivity index (χ1) is 12.1. The summed E-state index contributed by atoms with van der Waals surface area (Å²) in [5, 5.41) is 3.25. The first-order valence-corrected chi connectivity index (χ1v) is 11.3. The minimum absolute atomic E-state index is 0.314. The van der Waals surface area contributed by atoms with Crippen LogP contribution in [0.1, 0.15) is 18.9 Å². The van der Waals surface area contributed by atoms with E-state index < -0.39 is 16.1 Å². The van der Waals surface area contributed by atoms with Gasteiger partial charge in [0.25, 0.3) is 0 Å². The monoisotopic (exact) mass is 506 g/mol. The lowest BCUT2D eigenvalue weighted by Crippen LogP contribution is -2.47. The standard InChI is InChI=1S/C18H20ClIN2O3S/c1-4-17(18(23)21-16-9-8-14(20)10-12(16)2)22(26(3,24)25)15-7-5-6-13(19)11-15/h5-11,17H,4H2,1-3H3,(H,21,23)/t17-/m0/s1. The lowest BCUT2D eigenvalue weighted by molar-refractivity contribution is -0.117. The molecular weight excluding hydrogens is 487 g/mol. The van der Waals surface area contributed by atoms with Crippen LogP contribution in [0.3, 0.4) is 0 Å². The van der Waals surface area contributed by atoms with E-state index in [-0.39, 0.29) is 5.91 Å². The number of benzene rings is 2. The SMILES string of the molecule is CC[C@@H](C(=O)Nc1ccc(I)cc1C)N(c1cccc(Cl)c1)S(C)(=O)=O. The van der Waals surface area contributed by atoms with Crippen molar-refractivity contribution in [3.63, 3.8) is 0 Å². The van der Waals surface area contributed by atoms with E-state index in [9.17, 15) is 13.2 Å². The summed E-state index contributed by atoms with van der Waals surface area (Å²) in [7, 11) is -3.69. The molecule has 2 aromatic rings. The fourth-order valence-corrected chi connectivity index (χ4v) is 4.69. The van der Waals surface area contributed by atoms with Gasteiger partial charge >= 0.3 is 0 Å². The maximum absolute atomic E-state index is 12.9. The number of aryl methyl sites for hydroxylation is 1. The normalized spacial score (nSPS) is 12.5. The van der Waals surface area contributed by atoms with Gasteiger partial charge in [-0.15, -0.1) is 0 Å². The Balaban J connectivity index is 2.40. The molecule has 2 aromatic carbocycles. The maximum atomic E-state index is 12.9. The molecule has 8 heteroatoms. The van der Waals surface area contributed by atoms with E-state index in [0.29, 0.717) is 22.8 Å². The van der Waals surface area contributed by atoms with Gasteiger partial charge in [0.05, 0.1) is 11.9 Å². The predicted molar refractivity (Wildman–Crippen MR) is 115 cm³/mol. The number of hydrogen-bond acceptors (Lipinski definition) is 3. The molecule has 0 aliphatic carbocycles. The molecule has 26 heavy (non-hydrogen) atoms. The summed E-state index contributed by atoms with van der Waals surface area (Å²) in [6, 6.07) is 11.2. The van der Waals surface area contributed by atoms with Crippen LogP contribution in [0.25, 0.3) is 0 Å². The summed E-state index contributed by atoms with van der Waals surface area (Å²) in [5.74, 6) is -0.387. The zero-order valence-corrected chi connectivity index (χ0v) is 18.4. The summed E-state index contributed by atoms with van der Waals surface area (Å²) in [4.78, 5) is 12.9. The second-order valence-corrected chi connectivity index (χ2v) is 9.45. The molecule has 0 aliphatic rings. The minimum atomic E-state index is -3.69. The van der Waals surface area contributed by atoms with Crippen molar-refractivity contribution in [1.29, 1.82) is 0 Å². The van der Waals surface area contributed by atoms with Crippen molar-refractivity contribution in [1.82, 2.24) is 0 Å². The molecule has 0 radical (unpaired) electrons. The largest absolute Gasteiger partial charge is 0.324 e. The van der Waals surface area contributed by atoms with Gasteiger partial charge in [0.1, 0.15) is 6.04 Å². The lowest BCUT2D eigenvalue weighted by atomic mass is 10.1. The molecule has 0 heterocycles. The Morgan fingerprint density at radius 2 is 1.96 bits per heavy atom. The van der Waals surface area contributed by atoms with E-state index in [1.54, 1.807) is 25.1 Å². The average molecular weight is 507 g/mol. The molecule has 1 amide bonds. The molecule has 0 fully saturated rings. The number of anilines is 2. The topological polar surface area (TPSA) is 66.5 Å². The van der Waals surface area contributed by atoms with Crippen LogP contribution < -0.4 is 9.62 Å². The fourth-order valence-electron chi connectivity index (χ4n) is 2.66. The smallest absolute Gasteiger partial charge is 0.248 e. The second-order valence-electron chi connectivity index (χ2n) is 5.91. The van der Waals surface area contributed by atoms with Gasteiger partial charge in [-0.25, -0.2) is 8.42 Å². The number of carbonyl (C=O) groups excluding carboxylic acids is 1. The van der Waals surface area contributed by atoms with E-state index in [1.165, 1.54) is 6.07 Å². The minimum Gasteiger partial charge on any atom is -0.324 e. The van der Waals surface area contributed by atoms with Gasteiger partial charge in [-0.3, -0.25) is 9.10 Å². The van der Waals surface area contributed by atoms with Gasteiger partial charge in [0.15, 0.2) is 0 Å². The van der Waals surface area contributed by atoms with Gasteiger partial charge in [-0.05, 0) is 77.9 Å². The van der Waals surface area contributed by atoms with E-state index >= 15 is 0 Å². The molecular formula is C18H20ClIN2O3S. The molecule has 1 N–H and O–H groups in total. The summed E-state index contributed by atoms with van der Waals surface area (Å²) in [6.07, 6.45) is 1.40. The summed E-state index contributed by atoms with van der Waals surface area (Å²) in [6.45, 7) is 3.66. The number of rotatable bonds is 6. The van der Waals surface area contributed by atoms with Crippen molar-refractivity contribution < 1.29 is 13.2 Å². The average Bonchev–Trinajstić information content (AvgIpc) is 2.53. The second kappa shape index (κ2) is 8.58. The van der Waals surface area contributed by atoms with Crippen molar-refractivity contribution in [3.05, 3.63) is 56.6 Å².